The molecule has 208 valence electrons. The molecule has 12 nitrogen and oxygen atoms in total. The third-order valence-electron chi connectivity index (χ3n) is 8.71. The van der Waals surface area contributed by atoms with Crippen LogP contribution in [0.15, 0.2) is 0 Å². The molecule has 5 fully saturated rings. The maximum atomic E-state index is 13.9. The summed E-state index contributed by atoms with van der Waals surface area (Å²) < 4.78 is 11.8. The lowest BCUT2D eigenvalue weighted by Crippen LogP contribution is -2.56. The Bertz CT molecular complexity index is 868. The predicted molar refractivity (Wildman–Crippen MR) is 131 cm³/mol. The molecule has 5 aliphatic heterocycles. The molecule has 5 aliphatic rings. The smallest absolute Gasteiger partial charge is 0.240 e. The highest BCUT2D eigenvalue weighted by Crippen LogP contribution is 2.29. The lowest BCUT2D eigenvalue weighted by molar-refractivity contribution is -0.147. The van der Waals surface area contributed by atoms with E-state index in [1.54, 1.807) is 0 Å². The van der Waals surface area contributed by atoms with Gasteiger partial charge in [-0.15, -0.1) is 0 Å². The maximum absolute atomic E-state index is 13.9. The van der Waals surface area contributed by atoms with Crippen LogP contribution in [0.4, 0.5) is 0 Å². The Morgan fingerprint density at radius 1 is 1.00 bits per heavy atom. The van der Waals surface area contributed by atoms with Gasteiger partial charge >= 0.3 is 0 Å². The second kappa shape index (κ2) is 11.1. The number of carbonyl (C=O) groups excluding carboxylic acids is 3. The number of amides is 3. The first-order valence-corrected chi connectivity index (χ1v) is 13.6. The number of piperidine rings is 1. The van der Waals surface area contributed by atoms with E-state index in [1.807, 2.05) is 4.90 Å². The van der Waals surface area contributed by atoms with Crippen molar-refractivity contribution < 1.29 is 34.1 Å². The molecular weight excluding hydrogens is 482 g/mol. The Labute approximate surface area is 217 Å². The zero-order chi connectivity index (χ0) is 26.3. The fourth-order valence-corrected chi connectivity index (χ4v) is 6.59. The first-order valence-electron chi connectivity index (χ1n) is 13.6. The van der Waals surface area contributed by atoms with Gasteiger partial charge in [-0.1, -0.05) is 0 Å². The van der Waals surface area contributed by atoms with Gasteiger partial charge in [-0.25, -0.2) is 0 Å². The van der Waals surface area contributed by atoms with Crippen LogP contribution in [0.2, 0.25) is 0 Å². The molecule has 5 rings (SSSR count). The fraction of sp³-hybridized carbons (Fsp3) is 0.880. The van der Waals surface area contributed by atoms with Gasteiger partial charge in [0.1, 0.15) is 18.3 Å². The van der Waals surface area contributed by atoms with E-state index in [1.165, 1.54) is 11.8 Å². The first-order chi connectivity index (χ1) is 17.7. The molecular formula is C25H41N5O7. The SMILES string of the molecule is CC(=O)N1C[C@@H]2CN(CCO2)C(=O)[C@@H]2C[C@@H](CN2C2CCN(C)CC2)NC(=O)C[C@@H]2O[C@H](C1)[C@@H](O)[C@H]2O. The van der Waals surface area contributed by atoms with Gasteiger partial charge in [-0.05, 0) is 39.4 Å². The van der Waals surface area contributed by atoms with Crippen molar-refractivity contribution in [3.8, 4) is 0 Å². The van der Waals surface area contributed by atoms with E-state index < -0.39 is 24.4 Å². The van der Waals surface area contributed by atoms with Crippen molar-refractivity contribution in [3.63, 3.8) is 0 Å². The monoisotopic (exact) mass is 523 g/mol. The molecule has 5 saturated heterocycles. The number of nitrogens with zero attached hydrogens (tertiary/aromatic N) is 4. The zero-order valence-corrected chi connectivity index (χ0v) is 21.8. The minimum absolute atomic E-state index is 0.0553. The molecule has 0 radical (unpaired) electrons. The van der Waals surface area contributed by atoms with Crippen molar-refractivity contribution in [2.24, 2.45) is 0 Å². The topological polar surface area (TPSA) is 135 Å². The fourth-order valence-electron chi connectivity index (χ4n) is 6.59. The minimum atomic E-state index is -1.23. The standard InChI is InChI=1S/C25H41N5O7/c1-15(31)29-13-18-12-28(7-8-36-18)25(35)19-9-16(11-30(19)17-3-5-27(2)6-4-17)26-22(32)10-20-23(33)24(34)21(14-29)37-20/h16-21,23-24,33-34H,3-14H2,1-2H3,(H,26,32)/t16-,18-,19-,20-,21+,23-,24+/m0/s1. The summed E-state index contributed by atoms with van der Waals surface area (Å²) in [6.07, 6.45) is -2.11. The van der Waals surface area contributed by atoms with Crippen LogP contribution in [0.5, 0.6) is 0 Å². The van der Waals surface area contributed by atoms with Gasteiger partial charge < -0.3 is 39.7 Å². The average Bonchev–Trinajstić information content (AvgIpc) is 3.39. The van der Waals surface area contributed by atoms with Crippen molar-refractivity contribution in [2.45, 2.75) is 81.3 Å². The van der Waals surface area contributed by atoms with E-state index in [2.05, 4.69) is 22.2 Å². The number of nitrogens with one attached hydrogen (secondary N) is 1. The van der Waals surface area contributed by atoms with Crippen LogP contribution in [0.25, 0.3) is 0 Å². The molecule has 6 bridgehead atoms. The third kappa shape index (κ3) is 5.79. The van der Waals surface area contributed by atoms with Crippen LogP contribution >= 0.6 is 0 Å². The Morgan fingerprint density at radius 3 is 2.46 bits per heavy atom. The predicted octanol–water partition coefficient (Wildman–Crippen LogP) is -2.39. The van der Waals surface area contributed by atoms with Gasteiger partial charge in [0.2, 0.25) is 17.7 Å². The second-order valence-electron chi connectivity index (χ2n) is 11.3. The molecule has 0 aliphatic carbocycles. The van der Waals surface area contributed by atoms with Crippen LogP contribution in [0.1, 0.15) is 32.6 Å². The molecule has 0 unspecified atom stereocenters. The van der Waals surface area contributed by atoms with Crippen molar-refractivity contribution in [1.82, 2.24) is 24.9 Å². The van der Waals surface area contributed by atoms with Gasteiger partial charge in [0, 0.05) is 51.7 Å². The van der Waals surface area contributed by atoms with E-state index in [4.69, 9.17) is 9.47 Å². The summed E-state index contributed by atoms with van der Waals surface area (Å²) in [4.78, 5) is 47.2. The second-order valence-corrected chi connectivity index (χ2v) is 11.3. The molecule has 0 saturated carbocycles. The zero-order valence-electron chi connectivity index (χ0n) is 21.8. The van der Waals surface area contributed by atoms with Crippen LogP contribution in [-0.2, 0) is 23.9 Å². The normalized spacial score (nSPS) is 39.2. The highest BCUT2D eigenvalue weighted by atomic mass is 16.5. The summed E-state index contributed by atoms with van der Waals surface area (Å²) in [5, 5.41) is 24.3. The van der Waals surface area contributed by atoms with Gasteiger partial charge in [0.25, 0.3) is 0 Å². The number of hydrogen-bond donors (Lipinski definition) is 3. The van der Waals surface area contributed by atoms with E-state index >= 15 is 0 Å². The molecule has 7 atom stereocenters. The molecule has 3 amide bonds. The highest BCUT2D eigenvalue weighted by Gasteiger charge is 2.47. The lowest BCUT2D eigenvalue weighted by Gasteiger charge is -2.41. The van der Waals surface area contributed by atoms with Crippen LogP contribution in [0.3, 0.4) is 0 Å². The number of morpholine rings is 1. The average molecular weight is 524 g/mol. The van der Waals surface area contributed by atoms with Crippen LogP contribution in [-0.4, -0.2) is 156 Å². The number of hydrogen-bond acceptors (Lipinski definition) is 9. The first kappa shape index (κ1) is 26.8. The number of aliphatic hydroxyl groups excluding tert-OH is 2. The Hall–Kier alpha value is -1.83. The number of fused-ring (bicyclic) bond motifs is 6. The van der Waals surface area contributed by atoms with E-state index in [0.29, 0.717) is 32.7 Å². The van der Waals surface area contributed by atoms with Crippen molar-refractivity contribution in [3.05, 3.63) is 0 Å². The maximum Gasteiger partial charge on any atom is 0.240 e. The van der Waals surface area contributed by atoms with Crippen LogP contribution in [0, 0.1) is 0 Å². The summed E-state index contributed by atoms with van der Waals surface area (Å²) in [5.74, 6) is -0.438. The van der Waals surface area contributed by atoms with Crippen LogP contribution < -0.4 is 5.32 Å². The molecule has 0 spiro atoms. The lowest BCUT2D eigenvalue weighted by atomic mass is 10.0. The van der Waals surface area contributed by atoms with Gasteiger partial charge in [0.05, 0.1) is 31.3 Å². The van der Waals surface area contributed by atoms with Gasteiger partial charge in [0.15, 0.2) is 0 Å². The van der Waals surface area contributed by atoms with Crippen molar-refractivity contribution in [1.29, 1.82) is 0 Å². The summed E-state index contributed by atoms with van der Waals surface area (Å²) in [6.45, 7) is 5.53. The summed E-state index contributed by atoms with van der Waals surface area (Å²) in [6, 6.07) is -0.234. The highest BCUT2D eigenvalue weighted by molar-refractivity contribution is 5.83. The van der Waals surface area contributed by atoms with Crippen molar-refractivity contribution in [2.75, 3.05) is 59.5 Å². The van der Waals surface area contributed by atoms with E-state index in [9.17, 15) is 24.6 Å². The quantitative estimate of drug-likeness (QED) is 0.344. The largest absolute Gasteiger partial charge is 0.388 e. The van der Waals surface area contributed by atoms with Crippen molar-refractivity contribution >= 4 is 17.7 Å². The molecule has 0 aromatic rings. The molecule has 0 aromatic heterocycles. The molecule has 5 heterocycles. The van der Waals surface area contributed by atoms with E-state index in [-0.39, 0.29) is 61.5 Å². The third-order valence-corrected chi connectivity index (χ3v) is 8.71. The summed E-state index contributed by atoms with van der Waals surface area (Å²) in [7, 11) is 2.11. The Balaban J connectivity index is 1.40. The summed E-state index contributed by atoms with van der Waals surface area (Å²) in [5.41, 5.74) is 0. The molecule has 37 heavy (non-hydrogen) atoms. The number of rotatable bonds is 1. The molecule has 0 aromatic carbocycles. The van der Waals surface area contributed by atoms with Gasteiger partial charge in [-0.2, -0.15) is 0 Å². The number of aliphatic hydroxyl groups is 2. The van der Waals surface area contributed by atoms with Gasteiger partial charge in [-0.3, -0.25) is 19.3 Å². The Morgan fingerprint density at radius 2 is 1.73 bits per heavy atom. The summed E-state index contributed by atoms with van der Waals surface area (Å²) >= 11 is 0. The van der Waals surface area contributed by atoms with E-state index in [0.717, 1.165) is 25.9 Å². The minimum Gasteiger partial charge on any atom is -0.388 e. The molecule has 12 heteroatoms. The number of ether oxygens (including phenoxy) is 2. The molecule has 3 N–H and O–H groups in total. The number of likely N-dealkylation sites (tertiary alicyclic amines) is 2. The Kier molecular flexibility index (Phi) is 8.04. The number of carbonyl (C=O) groups is 3.